The van der Waals surface area contributed by atoms with Crippen LogP contribution in [0, 0.1) is 11.8 Å². The van der Waals surface area contributed by atoms with Crippen molar-refractivity contribution < 1.29 is 8.42 Å². The molecular weight excluding hydrogens is 318 g/mol. The molecule has 24 heavy (non-hydrogen) atoms. The van der Waals surface area contributed by atoms with Crippen LogP contribution >= 0.6 is 0 Å². The van der Waals surface area contributed by atoms with E-state index in [0.29, 0.717) is 35.7 Å². The molecule has 1 saturated heterocycles. The van der Waals surface area contributed by atoms with E-state index in [4.69, 9.17) is 0 Å². The molecule has 1 aromatic rings. The third-order valence-electron chi connectivity index (χ3n) is 5.22. The molecule has 1 aliphatic carbocycles. The predicted molar refractivity (Wildman–Crippen MR) is 98.4 cm³/mol. The van der Waals surface area contributed by atoms with Crippen molar-refractivity contribution in [1.82, 2.24) is 4.31 Å². The van der Waals surface area contributed by atoms with E-state index in [9.17, 15) is 8.42 Å². The number of piperidine rings is 1. The quantitative estimate of drug-likeness (QED) is 0.761. The lowest BCUT2D eigenvalue weighted by Gasteiger charge is -2.34. The van der Waals surface area contributed by atoms with Gasteiger partial charge in [-0.2, -0.15) is 4.31 Å². The van der Waals surface area contributed by atoms with Gasteiger partial charge in [0, 0.05) is 13.1 Å². The Morgan fingerprint density at radius 1 is 1.00 bits per heavy atom. The van der Waals surface area contributed by atoms with Crippen molar-refractivity contribution in [2.45, 2.75) is 43.9 Å². The predicted octanol–water partition coefficient (Wildman–Crippen LogP) is 4.34. The molecule has 130 valence electrons. The Morgan fingerprint density at radius 3 is 2.12 bits per heavy atom. The highest BCUT2D eigenvalue weighted by Crippen LogP contribution is 2.31. The minimum atomic E-state index is -3.36. The van der Waals surface area contributed by atoms with E-state index in [-0.39, 0.29) is 0 Å². The lowest BCUT2D eigenvalue weighted by atomic mass is 9.83. The van der Waals surface area contributed by atoms with Crippen LogP contribution in [0.2, 0.25) is 0 Å². The Balaban J connectivity index is 1.67. The van der Waals surface area contributed by atoms with E-state index >= 15 is 0 Å². The summed E-state index contributed by atoms with van der Waals surface area (Å²) in [5.74, 6) is 1.45. The van der Waals surface area contributed by atoms with E-state index in [1.165, 1.54) is 5.56 Å². The molecular formula is C20H27NO2S. The molecule has 1 aromatic carbocycles. The molecule has 0 aromatic heterocycles. The summed E-state index contributed by atoms with van der Waals surface area (Å²) < 4.78 is 27.4. The molecule has 0 saturated carbocycles. The van der Waals surface area contributed by atoms with Gasteiger partial charge in [0.05, 0.1) is 4.90 Å². The van der Waals surface area contributed by atoms with Gasteiger partial charge in [-0.15, -0.1) is 0 Å². The maximum atomic E-state index is 12.8. The second-order valence-electron chi connectivity index (χ2n) is 7.13. The van der Waals surface area contributed by atoms with Crippen LogP contribution in [0.1, 0.15) is 44.6 Å². The fourth-order valence-electron chi connectivity index (χ4n) is 3.60. The first kappa shape index (κ1) is 17.4. The van der Waals surface area contributed by atoms with Gasteiger partial charge in [-0.25, -0.2) is 8.42 Å². The fraction of sp³-hybridized carbons (Fsp3) is 0.500. The minimum Gasteiger partial charge on any atom is -0.207 e. The van der Waals surface area contributed by atoms with Crippen LogP contribution in [0.5, 0.6) is 0 Å². The average Bonchev–Trinajstić information content (AvgIpc) is 2.62. The summed E-state index contributed by atoms with van der Waals surface area (Å²) in [6.07, 6.45) is 11.9. The first-order chi connectivity index (χ1) is 11.5. The van der Waals surface area contributed by atoms with Gasteiger partial charge in [0.1, 0.15) is 0 Å². The summed E-state index contributed by atoms with van der Waals surface area (Å²) in [6.45, 7) is 5.47. The molecule has 0 spiro atoms. The fourth-order valence-corrected chi connectivity index (χ4v) is 5.07. The molecule has 1 aliphatic heterocycles. The first-order valence-electron chi connectivity index (χ1n) is 8.92. The Kier molecular flexibility index (Phi) is 5.26. The maximum Gasteiger partial charge on any atom is 0.243 e. The van der Waals surface area contributed by atoms with E-state index in [1.54, 1.807) is 16.4 Å². The van der Waals surface area contributed by atoms with E-state index < -0.39 is 10.0 Å². The standard InChI is InChI=1S/C20H27NO2S/c1-16(2)17-8-10-20(11-9-17)24(22,23)21-14-12-19(13-15-21)18-6-4-3-5-7-18/h4-11,16,18-19H,3,12-15H2,1-2H3. The van der Waals surface area contributed by atoms with Gasteiger partial charge in [-0.05, 0) is 54.7 Å². The highest BCUT2D eigenvalue weighted by atomic mass is 32.2. The Bertz CT molecular complexity index is 697. The summed E-state index contributed by atoms with van der Waals surface area (Å²) in [7, 11) is -3.36. The normalized spacial score (nSPS) is 20.8. The van der Waals surface area contributed by atoms with Crippen LogP contribution in [0.4, 0.5) is 0 Å². The minimum absolute atomic E-state index is 0.411. The van der Waals surface area contributed by atoms with E-state index in [2.05, 4.69) is 38.2 Å². The SMILES string of the molecule is CC(C)c1ccc(S(=O)(=O)N2CCC(C3C=CCC=C3)CC2)cc1. The van der Waals surface area contributed by atoms with Crippen molar-refractivity contribution in [2.24, 2.45) is 11.8 Å². The zero-order chi connectivity index (χ0) is 17.2. The Labute approximate surface area is 146 Å². The summed E-state index contributed by atoms with van der Waals surface area (Å²) in [4.78, 5) is 0.419. The highest BCUT2D eigenvalue weighted by molar-refractivity contribution is 7.89. The van der Waals surface area contributed by atoms with Crippen LogP contribution in [-0.2, 0) is 10.0 Å². The second kappa shape index (κ2) is 7.24. The van der Waals surface area contributed by atoms with Gasteiger partial charge >= 0.3 is 0 Å². The molecule has 3 nitrogen and oxygen atoms in total. The molecule has 0 atom stereocenters. The Hall–Kier alpha value is -1.39. The topological polar surface area (TPSA) is 37.4 Å². The summed E-state index contributed by atoms with van der Waals surface area (Å²) in [5.41, 5.74) is 1.17. The van der Waals surface area contributed by atoms with Crippen LogP contribution in [0.3, 0.4) is 0 Å². The van der Waals surface area contributed by atoms with Crippen molar-refractivity contribution in [3.8, 4) is 0 Å². The average molecular weight is 346 g/mol. The molecule has 0 N–H and O–H groups in total. The van der Waals surface area contributed by atoms with Crippen LogP contribution in [0.25, 0.3) is 0 Å². The van der Waals surface area contributed by atoms with Gasteiger partial charge in [0.25, 0.3) is 0 Å². The number of hydrogen-bond acceptors (Lipinski definition) is 2. The lowest BCUT2D eigenvalue weighted by Crippen LogP contribution is -2.39. The van der Waals surface area contributed by atoms with Crippen LogP contribution in [0.15, 0.2) is 53.5 Å². The van der Waals surface area contributed by atoms with Gasteiger partial charge in [-0.3, -0.25) is 0 Å². The molecule has 2 aliphatic rings. The van der Waals surface area contributed by atoms with E-state index in [1.807, 2.05) is 12.1 Å². The number of nitrogens with zero attached hydrogens (tertiary/aromatic N) is 1. The summed E-state index contributed by atoms with van der Waals surface area (Å²) in [6, 6.07) is 7.37. The zero-order valence-corrected chi connectivity index (χ0v) is 15.4. The smallest absolute Gasteiger partial charge is 0.207 e. The van der Waals surface area contributed by atoms with Gasteiger partial charge in [0.15, 0.2) is 0 Å². The van der Waals surface area contributed by atoms with Gasteiger partial charge in [-0.1, -0.05) is 50.3 Å². The molecule has 0 unspecified atom stereocenters. The number of allylic oxidation sites excluding steroid dienone is 4. The molecule has 1 fully saturated rings. The van der Waals surface area contributed by atoms with E-state index in [0.717, 1.165) is 19.3 Å². The first-order valence-corrected chi connectivity index (χ1v) is 10.4. The number of benzene rings is 1. The van der Waals surface area contributed by atoms with Crippen molar-refractivity contribution in [3.05, 3.63) is 54.1 Å². The highest BCUT2D eigenvalue weighted by Gasteiger charge is 2.31. The lowest BCUT2D eigenvalue weighted by molar-refractivity contribution is 0.250. The Morgan fingerprint density at radius 2 is 1.58 bits per heavy atom. The molecule has 0 bridgehead atoms. The third kappa shape index (κ3) is 3.65. The second-order valence-corrected chi connectivity index (χ2v) is 9.07. The molecule has 1 heterocycles. The van der Waals surface area contributed by atoms with Crippen LogP contribution in [-0.4, -0.2) is 25.8 Å². The maximum absolute atomic E-state index is 12.8. The number of hydrogen-bond donors (Lipinski definition) is 0. The van der Waals surface area contributed by atoms with Gasteiger partial charge < -0.3 is 0 Å². The van der Waals surface area contributed by atoms with Gasteiger partial charge in [0.2, 0.25) is 10.0 Å². The molecule has 0 amide bonds. The molecule has 4 heteroatoms. The van der Waals surface area contributed by atoms with Crippen molar-refractivity contribution in [3.63, 3.8) is 0 Å². The molecule has 3 rings (SSSR count). The molecule has 0 radical (unpaired) electrons. The summed E-state index contributed by atoms with van der Waals surface area (Å²) in [5, 5.41) is 0. The summed E-state index contributed by atoms with van der Waals surface area (Å²) >= 11 is 0. The number of sulfonamides is 1. The van der Waals surface area contributed by atoms with Crippen molar-refractivity contribution in [1.29, 1.82) is 0 Å². The number of rotatable bonds is 4. The largest absolute Gasteiger partial charge is 0.243 e. The third-order valence-corrected chi connectivity index (χ3v) is 7.13. The van der Waals surface area contributed by atoms with Crippen LogP contribution < -0.4 is 0 Å². The van der Waals surface area contributed by atoms with Crippen molar-refractivity contribution in [2.75, 3.05) is 13.1 Å². The monoisotopic (exact) mass is 345 g/mol. The van der Waals surface area contributed by atoms with Crippen molar-refractivity contribution >= 4 is 10.0 Å². The zero-order valence-electron chi connectivity index (χ0n) is 14.6.